The molecule has 274 valence electrons. The van der Waals surface area contributed by atoms with Gasteiger partial charge in [0.2, 0.25) is 0 Å². The van der Waals surface area contributed by atoms with Gasteiger partial charge in [0.25, 0.3) is 0 Å². The van der Waals surface area contributed by atoms with Crippen molar-refractivity contribution in [1.29, 1.82) is 0 Å². The van der Waals surface area contributed by atoms with Crippen molar-refractivity contribution < 1.29 is 19.4 Å². The van der Waals surface area contributed by atoms with Gasteiger partial charge in [0, 0.05) is 12.8 Å². The van der Waals surface area contributed by atoms with E-state index < -0.39 is 5.97 Å². The molecule has 0 amide bonds. The summed E-state index contributed by atoms with van der Waals surface area (Å²) >= 11 is 0. The Labute approximate surface area is 292 Å². The van der Waals surface area contributed by atoms with Crippen LogP contribution < -0.4 is 0 Å². The second kappa shape index (κ2) is 38.6. The fourth-order valence-corrected chi connectivity index (χ4v) is 6.04. The maximum atomic E-state index is 12.7. The third-order valence-electron chi connectivity index (χ3n) is 9.08. The molecule has 0 aromatic carbocycles. The molecule has 0 aromatic rings. The van der Waals surface area contributed by atoms with Crippen LogP contribution in [0.5, 0.6) is 0 Å². The van der Waals surface area contributed by atoms with E-state index in [0.29, 0.717) is 6.42 Å². The van der Waals surface area contributed by atoms with Crippen LogP contribution in [0.1, 0.15) is 219 Å². The molecular formula is C43H78O4. The Morgan fingerprint density at radius 1 is 0.468 bits per heavy atom. The number of carbonyl (C=O) groups is 2. The average Bonchev–Trinajstić information content (AvgIpc) is 3.05. The van der Waals surface area contributed by atoms with Gasteiger partial charge < -0.3 is 9.84 Å². The molecule has 0 aliphatic heterocycles. The summed E-state index contributed by atoms with van der Waals surface area (Å²) in [5.41, 5.74) is 0. The number of carboxylic acid groups (broad SMARTS) is 1. The molecule has 0 saturated heterocycles. The summed E-state index contributed by atoms with van der Waals surface area (Å²) in [5.74, 6) is -0.730. The van der Waals surface area contributed by atoms with Crippen LogP contribution in [0.25, 0.3) is 0 Å². The summed E-state index contributed by atoms with van der Waals surface area (Å²) < 4.78 is 5.99. The summed E-state index contributed by atoms with van der Waals surface area (Å²) in [4.78, 5) is 23.4. The maximum Gasteiger partial charge on any atom is 0.306 e. The average molecular weight is 659 g/mol. The lowest BCUT2D eigenvalue weighted by Crippen LogP contribution is -2.18. The monoisotopic (exact) mass is 659 g/mol. The maximum absolute atomic E-state index is 12.7. The molecule has 4 heteroatoms. The number of hydrogen-bond donors (Lipinski definition) is 1. The molecule has 47 heavy (non-hydrogen) atoms. The summed E-state index contributed by atoms with van der Waals surface area (Å²) in [5, 5.41) is 8.82. The molecular weight excluding hydrogens is 580 g/mol. The largest absolute Gasteiger partial charge is 0.481 e. The van der Waals surface area contributed by atoms with Crippen LogP contribution in [-0.4, -0.2) is 23.1 Å². The highest BCUT2D eigenvalue weighted by atomic mass is 16.5. The van der Waals surface area contributed by atoms with Gasteiger partial charge in [-0.25, -0.2) is 0 Å². The Balaban J connectivity index is 4.10. The lowest BCUT2D eigenvalue weighted by molar-refractivity contribution is -0.150. The lowest BCUT2D eigenvalue weighted by atomic mass is 10.0. The minimum atomic E-state index is -0.705. The number of carbonyl (C=O) groups excluding carboxylic acids is 1. The van der Waals surface area contributed by atoms with E-state index in [1.165, 1.54) is 109 Å². The number of ether oxygens (including phenoxy) is 1. The highest BCUT2D eigenvalue weighted by Gasteiger charge is 2.14. The van der Waals surface area contributed by atoms with E-state index in [4.69, 9.17) is 9.84 Å². The van der Waals surface area contributed by atoms with Crippen LogP contribution in [0.4, 0.5) is 0 Å². The van der Waals surface area contributed by atoms with Gasteiger partial charge in [-0.05, 0) is 89.9 Å². The molecule has 0 bridgehead atoms. The van der Waals surface area contributed by atoms with Crippen molar-refractivity contribution in [1.82, 2.24) is 0 Å². The number of hydrogen-bond acceptors (Lipinski definition) is 3. The second-order valence-corrected chi connectivity index (χ2v) is 13.8. The fourth-order valence-electron chi connectivity index (χ4n) is 6.04. The first-order valence-electron chi connectivity index (χ1n) is 20.5. The smallest absolute Gasteiger partial charge is 0.306 e. The number of esters is 1. The summed E-state index contributed by atoms with van der Waals surface area (Å²) in [6, 6.07) is 0. The molecule has 0 radical (unpaired) electrons. The minimum Gasteiger partial charge on any atom is -0.481 e. The molecule has 0 aromatic heterocycles. The number of allylic oxidation sites excluding steroid dienone is 6. The van der Waals surface area contributed by atoms with E-state index in [-0.39, 0.29) is 18.5 Å². The third-order valence-corrected chi connectivity index (χ3v) is 9.08. The molecule has 0 aliphatic carbocycles. The predicted octanol–water partition coefficient (Wildman–Crippen LogP) is 14.2. The zero-order valence-corrected chi connectivity index (χ0v) is 31.3. The lowest BCUT2D eigenvalue weighted by Gasteiger charge is -2.18. The van der Waals surface area contributed by atoms with Gasteiger partial charge in [-0.3, -0.25) is 9.59 Å². The first-order valence-corrected chi connectivity index (χ1v) is 20.5. The molecule has 1 unspecified atom stereocenters. The molecule has 0 spiro atoms. The molecule has 0 rings (SSSR count). The van der Waals surface area contributed by atoms with E-state index in [9.17, 15) is 9.59 Å². The molecule has 0 saturated carbocycles. The minimum absolute atomic E-state index is 0.0188. The molecule has 4 nitrogen and oxygen atoms in total. The second-order valence-electron chi connectivity index (χ2n) is 13.8. The van der Waals surface area contributed by atoms with Crippen molar-refractivity contribution in [3.05, 3.63) is 36.5 Å². The SMILES string of the molecule is CCCCCC/C=C\C/C=C\CCCCCCCC(=O)OC(CCC/C=C\CCCCCCCCCC)CCCCCCCC(=O)O. The van der Waals surface area contributed by atoms with Gasteiger partial charge >= 0.3 is 11.9 Å². The first kappa shape index (κ1) is 45.2. The van der Waals surface area contributed by atoms with Crippen LogP contribution in [0.2, 0.25) is 0 Å². The van der Waals surface area contributed by atoms with Gasteiger partial charge in [0.1, 0.15) is 6.10 Å². The van der Waals surface area contributed by atoms with Gasteiger partial charge in [-0.15, -0.1) is 0 Å². The van der Waals surface area contributed by atoms with Gasteiger partial charge in [-0.2, -0.15) is 0 Å². The Hall–Kier alpha value is -1.84. The number of unbranched alkanes of at least 4 members (excludes halogenated alkanes) is 22. The van der Waals surface area contributed by atoms with E-state index in [1.54, 1.807) is 0 Å². The zero-order chi connectivity index (χ0) is 34.3. The highest BCUT2D eigenvalue weighted by Crippen LogP contribution is 2.18. The molecule has 0 heterocycles. The zero-order valence-electron chi connectivity index (χ0n) is 31.3. The van der Waals surface area contributed by atoms with Crippen molar-refractivity contribution in [2.75, 3.05) is 0 Å². The highest BCUT2D eigenvalue weighted by molar-refractivity contribution is 5.69. The number of aliphatic carboxylic acids is 1. The van der Waals surface area contributed by atoms with Crippen LogP contribution in [0.15, 0.2) is 36.5 Å². The van der Waals surface area contributed by atoms with Gasteiger partial charge in [-0.1, -0.05) is 153 Å². The van der Waals surface area contributed by atoms with E-state index >= 15 is 0 Å². The quantitative estimate of drug-likeness (QED) is 0.0410. The topological polar surface area (TPSA) is 63.6 Å². The fraction of sp³-hybridized carbons (Fsp3) is 0.814. The van der Waals surface area contributed by atoms with Crippen molar-refractivity contribution in [3.63, 3.8) is 0 Å². The normalized spacial score (nSPS) is 12.6. The summed E-state index contributed by atoms with van der Waals surface area (Å²) in [6.45, 7) is 4.53. The van der Waals surface area contributed by atoms with Gasteiger partial charge in [0.15, 0.2) is 0 Å². The van der Waals surface area contributed by atoms with Crippen LogP contribution in [0, 0.1) is 0 Å². The van der Waals surface area contributed by atoms with E-state index in [1.807, 2.05) is 0 Å². The van der Waals surface area contributed by atoms with E-state index in [2.05, 4.69) is 50.3 Å². The Bertz CT molecular complexity index is 753. The standard InChI is InChI=1S/C43H78O4/c1-3-5-7-9-11-13-15-17-18-19-21-23-25-27-32-36-40-43(46)47-41(38-34-30-28-31-35-39-42(44)45)37-33-29-26-24-22-20-16-14-12-10-8-6-4-2/h13,15,18-19,24,26,41H,3-12,14,16-17,20-23,25,27-40H2,1-2H3,(H,44,45)/b15-13-,19-18-,26-24-. The Morgan fingerprint density at radius 2 is 0.851 bits per heavy atom. The van der Waals surface area contributed by atoms with Crippen molar-refractivity contribution in [2.24, 2.45) is 0 Å². The predicted molar refractivity (Wildman–Crippen MR) is 204 cm³/mol. The van der Waals surface area contributed by atoms with E-state index in [0.717, 1.165) is 83.5 Å². The Kier molecular flexibility index (Phi) is 37.1. The van der Waals surface area contributed by atoms with Gasteiger partial charge in [0.05, 0.1) is 0 Å². The van der Waals surface area contributed by atoms with Crippen molar-refractivity contribution >= 4 is 11.9 Å². The molecule has 0 aliphatic rings. The summed E-state index contributed by atoms with van der Waals surface area (Å²) in [6.07, 6.45) is 50.2. The van der Waals surface area contributed by atoms with Crippen LogP contribution in [-0.2, 0) is 14.3 Å². The van der Waals surface area contributed by atoms with Crippen LogP contribution in [0.3, 0.4) is 0 Å². The molecule has 0 fully saturated rings. The van der Waals surface area contributed by atoms with Crippen LogP contribution >= 0.6 is 0 Å². The van der Waals surface area contributed by atoms with Crippen molar-refractivity contribution in [2.45, 2.75) is 225 Å². The Morgan fingerprint density at radius 3 is 1.38 bits per heavy atom. The molecule has 1 N–H and O–H groups in total. The first-order chi connectivity index (χ1) is 23.1. The number of rotatable bonds is 37. The molecule has 1 atom stereocenters. The van der Waals surface area contributed by atoms with Crippen molar-refractivity contribution in [3.8, 4) is 0 Å². The third kappa shape index (κ3) is 38.5. The summed E-state index contributed by atoms with van der Waals surface area (Å²) in [7, 11) is 0. The number of carboxylic acids is 1.